The number of hydrogen-bond acceptors (Lipinski definition) is 2. The summed E-state index contributed by atoms with van der Waals surface area (Å²) in [6, 6.07) is 14.6. The lowest BCUT2D eigenvalue weighted by Gasteiger charge is -2.14. The molecule has 2 aromatic carbocycles. The molecule has 0 saturated carbocycles. The molecule has 4 rings (SSSR count). The van der Waals surface area contributed by atoms with E-state index in [1.165, 1.54) is 16.7 Å². The van der Waals surface area contributed by atoms with Gasteiger partial charge in [-0.25, -0.2) is 0 Å². The van der Waals surface area contributed by atoms with Crippen molar-refractivity contribution in [3.05, 3.63) is 59.2 Å². The molecule has 0 radical (unpaired) electrons. The summed E-state index contributed by atoms with van der Waals surface area (Å²) in [5.74, 6) is 2.06. The number of para-hydroxylation sites is 1. The minimum absolute atomic E-state index is 0.152. The highest BCUT2D eigenvalue weighted by atomic mass is 16.5. The molecule has 0 saturated heterocycles. The standard InChI is InChI=1S/C16H14O2/c1-2-6-14-11(4-1)10-16(18-14)12-5-3-7-15-13(12)8-9-17-15/h1-7,16H,8-10H2. The highest BCUT2D eigenvalue weighted by Crippen LogP contribution is 2.40. The normalized spacial score (nSPS) is 19.9. The second-order valence-corrected chi connectivity index (χ2v) is 4.84. The SMILES string of the molecule is c1ccc2c(c1)CC(c1cccc3c1CCO3)O2. The Kier molecular flexibility index (Phi) is 2.10. The molecular weight excluding hydrogens is 224 g/mol. The molecule has 0 fully saturated rings. The molecule has 0 aromatic heterocycles. The van der Waals surface area contributed by atoms with Crippen molar-refractivity contribution in [2.75, 3.05) is 6.61 Å². The van der Waals surface area contributed by atoms with Crippen molar-refractivity contribution in [3.63, 3.8) is 0 Å². The summed E-state index contributed by atoms with van der Waals surface area (Å²) in [6.07, 6.45) is 2.12. The fourth-order valence-electron chi connectivity index (χ4n) is 2.91. The summed E-state index contributed by atoms with van der Waals surface area (Å²) in [5, 5.41) is 0. The summed E-state index contributed by atoms with van der Waals surface area (Å²) >= 11 is 0. The van der Waals surface area contributed by atoms with Crippen LogP contribution in [0.2, 0.25) is 0 Å². The highest BCUT2D eigenvalue weighted by molar-refractivity contribution is 5.47. The van der Waals surface area contributed by atoms with Crippen LogP contribution in [0.4, 0.5) is 0 Å². The molecule has 0 amide bonds. The van der Waals surface area contributed by atoms with Crippen LogP contribution in [-0.2, 0) is 12.8 Å². The Balaban J connectivity index is 1.73. The second kappa shape index (κ2) is 3.77. The van der Waals surface area contributed by atoms with Gasteiger partial charge in [-0.15, -0.1) is 0 Å². The van der Waals surface area contributed by atoms with Gasteiger partial charge in [-0.2, -0.15) is 0 Å². The maximum atomic E-state index is 6.06. The number of rotatable bonds is 1. The average molecular weight is 238 g/mol. The molecule has 0 aliphatic carbocycles. The van der Waals surface area contributed by atoms with E-state index in [1.54, 1.807) is 0 Å². The molecule has 18 heavy (non-hydrogen) atoms. The second-order valence-electron chi connectivity index (χ2n) is 4.84. The molecule has 90 valence electrons. The zero-order chi connectivity index (χ0) is 11.9. The molecule has 1 unspecified atom stereocenters. The Labute approximate surface area is 106 Å². The molecule has 0 bridgehead atoms. The zero-order valence-corrected chi connectivity index (χ0v) is 10.1. The number of benzene rings is 2. The summed E-state index contributed by atoms with van der Waals surface area (Å²) in [6.45, 7) is 0.798. The van der Waals surface area contributed by atoms with Gasteiger partial charge in [0.05, 0.1) is 6.61 Å². The van der Waals surface area contributed by atoms with Crippen molar-refractivity contribution in [1.29, 1.82) is 0 Å². The summed E-state index contributed by atoms with van der Waals surface area (Å²) in [7, 11) is 0. The van der Waals surface area contributed by atoms with Gasteiger partial charge in [-0.1, -0.05) is 30.3 Å². The summed E-state index contributed by atoms with van der Waals surface area (Å²) < 4.78 is 11.7. The molecule has 2 aliphatic rings. The van der Waals surface area contributed by atoms with Crippen molar-refractivity contribution >= 4 is 0 Å². The van der Waals surface area contributed by atoms with E-state index in [2.05, 4.69) is 30.3 Å². The van der Waals surface area contributed by atoms with E-state index in [4.69, 9.17) is 9.47 Å². The minimum atomic E-state index is 0.152. The molecule has 0 spiro atoms. The van der Waals surface area contributed by atoms with Gasteiger partial charge in [0, 0.05) is 18.4 Å². The third-order valence-corrected chi connectivity index (χ3v) is 3.77. The smallest absolute Gasteiger partial charge is 0.128 e. The van der Waals surface area contributed by atoms with E-state index in [0.29, 0.717) is 0 Å². The zero-order valence-electron chi connectivity index (χ0n) is 10.1. The third-order valence-electron chi connectivity index (χ3n) is 3.77. The molecule has 0 N–H and O–H groups in total. The maximum Gasteiger partial charge on any atom is 0.128 e. The van der Waals surface area contributed by atoms with Crippen LogP contribution in [0.15, 0.2) is 42.5 Å². The van der Waals surface area contributed by atoms with Gasteiger partial charge >= 0.3 is 0 Å². The van der Waals surface area contributed by atoms with E-state index in [9.17, 15) is 0 Å². The molecule has 2 heteroatoms. The van der Waals surface area contributed by atoms with Crippen LogP contribution in [0.1, 0.15) is 22.8 Å². The maximum absolute atomic E-state index is 6.06. The van der Waals surface area contributed by atoms with Crippen LogP contribution in [0, 0.1) is 0 Å². The molecule has 2 aromatic rings. The first kappa shape index (κ1) is 10.0. The minimum Gasteiger partial charge on any atom is -0.493 e. The molecule has 1 atom stereocenters. The van der Waals surface area contributed by atoms with Crippen molar-refractivity contribution in [1.82, 2.24) is 0 Å². The van der Waals surface area contributed by atoms with E-state index in [0.717, 1.165) is 30.9 Å². The van der Waals surface area contributed by atoms with E-state index in [1.807, 2.05) is 12.1 Å². The van der Waals surface area contributed by atoms with Crippen molar-refractivity contribution in [3.8, 4) is 11.5 Å². The molecule has 2 nitrogen and oxygen atoms in total. The van der Waals surface area contributed by atoms with Crippen LogP contribution in [0.3, 0.4) is 0 Å². The predicted octanol–water partition coefficient (Wildman–Crippen LogP) is 3.30. The molecular formula is C16H14O2. The topological polar surface area (TPSA) is 18.5 Å². The lowest BCUT2D eigenvalue weighted by atomic mass is 9.97. The Morgan fingerprint density at radius 1 is 0.944 bits per heavy atom. The first-order chi connectivity index (χ1) is 8.92. The van der Waals surface area contributed by atoms with Gasteiger partial charge in [-0.05, 0) is 23.3 Å². The van der Waals surface area contributed by atoms with Gasteiger partial charge in [0.25, 0.3) is 0 Å². The summed E-state index contributed by atoms with van der Waals surface area (Å²) in [5.41, 5.74) is 3.93. The number of hydrogen-bond donors (Lipinski definition) is 0. The number of fused-ring (bicyclic) bond motifs is 2. The average Bonchev–Trinajstić information content (AvgIpc) is 3.04. The summed E-state index contributed by atoms with van der Waals surface area (Å²) in [4.78, 5) is 0. The van der Waals surface area contributed by atoms with Gasteiger partial charge in [0.1, 0.15) is 17.6 Å². The van der Waals surface area contributed by atoms with Crippen molar-refractivity contribution in [2.24, 2.45) is 0 Å². The Morgan fingerprint density at radius 3 is 2.78 bits per heavy atom. The van der Waals surface area contributed by atoms with Gasteiger partial charge in [-0.3, -0.25) is 0 Å². The van der Waals surface area contributed by atoms with Crippen LogP contribution in [-0.4, -0.2) is 6.61 Å². The van der Waals surface area contributed by atoms with Gasteiger partial charge < -0.3 is 9.47 Å². The first-order valence-electron chi connectivity index (χ1n) is 6.41. The highest BCUT2D eigenvalue weighted by Gasteiger charge is 2.28. The van der Waals surface area contributed by atoms with Gasteiger partial charge in [0.2, 0.25) is 0 Å². The largest absolute Gasteiger partial charge is 0.493 e. The lowest BCUT2D eigenvalue weighted by molar-refractivity contribution is 0.237. The lowest BCUT2D eigenvalue weighted by Crippen LogP contribution is -2.05. The van der Waals surface area contributed by atoms with E-state index < -0.39 is 0 Å². The monoisotopic (exact) mass is 238 g/mol. The van der Waals surface area contributed by atoms with Crippen LogP contribution >= 0.6 is 0 Å². The fraction of sp³-hybridized carbons (Fsp3) is 0.250. The van der Waals surface area contributed by atoms with Crippen LogP contribution < -0.4 is 9.47 Å². The van der Waals surface area contributed by atoms with Crippen LogP contribution in [0.25, 0.3) is 0 Å². The fourth-order valence-corrected chi connectivity index (χ4v) is 2.91. The van der Waals surface area contributed by atoms with Crippen molar-refractivity contribution < 1.29 is 9.47 Å². The predicted molar refractivity (Wildman–Crippen MR) is 69.2 cm³/mol. The quantitative estimate of drug-likeness (QED) is 0.759. The molecule has 2 heterocycles. The molecule has 2 aliphatic heterocycles. The Morgan fingerprint density at radius 2 is 1.83 bits per heavy atom. The van der Waals surface area contributed by atoms with E-state index >= 15 is 0 Å². The third kappa shape index (κ3) is 1.42. The van der Waals surface area contributed by atoms with Gasteiger partial charge in [0.15, 0.2) is 0 Å². The Bertz CT molecular complexity index is 579. The first-order valence-corrected chi connectivity index (χ1v) is 6.41. The van der Waals surface area contributed by atoms with E-state index in [-0.39, 0.29) is 6.10 Å². The van der Waals surface area contributed by atoms with Crippen molar-refractivity contribution in [2.45, 2.75) is 18.9 Å². The Hall–Kier alpha value is -1.96. The number of ether oxygens (including phenoxy) is 2. The van der Waals surface area contributed by atoms with Crippen LogP contribution in [0.5, 0.6) is 11.5 Å².